The molecular formula is C27H35FN6O3. The first-order chi connectivity index (χ1) is 18.0. The number of halogens is 1. The Morgan fingerprint density at radius 3 is 2.76 bits per heavy atom. The lowest BCUT2D eigenvalue weighted by atomic mass is 9.96. The van der Waals surface area contributed by atoms with E-state index in [2.05, 4.69) is 45.1 Å². The Morgan fingerprint density at radius 1 is 1.14 bits per heavy atom. The van der Waals surface area contributed by atoms with Crippen LogP contribution in [0.25, 0.3) is 10.8 Å². The molecule has 0 saturated carbocycles. The maximum Gasteiger partial charge on any atom is 0.227 e. The van der Waals surface area contributed by atoms with Crippen LogP contribution in [0.5, 0.6) is 5.75 Å². The van der Waals surface area contributed by atoms with Gasteiger partial charge in [0.05, 0.1) is 25.9 Å². The van der Waals surface area contributed by atoms with Crippen LogP contribution in [0.4, 0.5) is 22.0 Å². The number of pyridine rings is 1. The number of aliphatic hydroxyl groups is 1. The molecule has 10 heteroatoms. The zero-order valence-electron chi connectivity index (χ0n) is 21.4. The number of ether oxygens (including phenoxy) is 2. The van der Waals surface area contributed by atoms with Crippen molar-refractivity contribution in [3.8, 4) is 5.75 Å². The number of anilines is 3. The normalized spacial score (nSPS) is 20.9. The van der Waals surface area contributed by atoms with Crippen LogP contribution < -0.4 is 15.0 Å². The van der Waals surface area contributed by atoms with E-state index >= 15 is 0 Å². The van der Waals surface area contributed by atoms with Crippen molar-refractivity contribution in [1.29, 1.82) is 0 Å². The van der Waals surface area contributed by atoms with E-state index < -0.39 is 12.3 Å². The molecule has 2 aromatic heterocycles. The van der Waals surface area contributed by atoms with Gasteiger partial charge in [-0.3, -0.25) is 4.90 Å². The smallest absolute Gasteiger partial charge is 0.227 e. The summed E-state index contributed by atoms with van der Waals surface area (Å²) in [6.45, 7) is 9.81. The number of alkyl halides is 1. The van der Waals surface area contributed by atoms with Gasteiger partial charge in [0.25, 0.3) is 0 Å². The zero-order valence-corrected chi connectivity index (χ0v) is 21.4. The number of hydrogen-bond acceptors (Lipinski definition) is 9. The van der Waals surface area contributed by atoms with Gasteiger partial charge in [-0.1, -0.05) is 19.9 Å². The molecule has 2 aliphatic rings. The molecule has 0 aliphatic carbocycles. The average molecular weight is 511 g/mol. The second-order valence-corrected chi connectivity index (χ2v) is 9.91. The Balaban J connectivity index is 1.33. The van der Waals surface area contributed by atoms with Crippen LogP contribution in [0, 0.1) is 0 Å². The van der Waals surface area contributed by atoms with E-state index in [0.29, 0.717) is 43.1 Å². The maximum atomic E-state index is 14.0. The minimum Gasteiger partial charge on any atom is -0.492 e. The highest BCUT2D eigenvalue weighted by atomic mass is 19.1. The van der Waals surface area contributed by atoms with E-state index in [1.54, 1.807) is 17.2 Å². The number of piperidine rings is 1. The molecule has 4 heterocycles. The van der Waals surface area contributed by atoms with Gasteiger partial charge in [0.15, 0.2) is 0 Å². The first-order valence-electron chi connectivity index (χ1n) is 13.0. The van der Waals surface area contributed by atoms with Crippen LogP contribution >= 0.6 is 0 Å². The summed E-state index contributed by atoms with van der Waals surface area (Å²) in [6.07, 6.45) is 1.60. The molecule has 37 heavy (non-hydrogen) atoms. The highest BCUT2D eigenvalue weighted by molar-refractivity contribution is 5.92. The molecule has 0 amide bonds. The Labute approximate surface area is 216 Å². The molecule has 2 fully saturated rings. The molecule has 2 aliphatic heterocycles. The molecular weight excluding hydrogens is 475 g/mol. The van der Waals surface area contributed by atoms with Gasteiger partial charge in [-0.15, -0.1) is 0 Å². The average Bonchev–Trinajstić information content (AvgIpc) is 2.91. The van der Waals surface area contributed by atoms with E-state index in [-0.39, 0.29) is 6.54 Å². The van der Waals surface area contributed by atoms with Crippen molar-refractivity contribution in [2.75, 3.05) is 62.8 Å². The predicted octanol–water partition coefficient (Wildman–Crippen LogP) is 3.51. The number of nitrogens with zero attached hydrogens (tertiary/aromatic N) is 5. The first-order valence-corrected chi connectivity index (χ1v) is 13.0. The number of morpholine rings is 1. The topological polar surface area (TPSA) is 95.9 Å². The van der Waals surface area contributed by atoms with Gasteiger partial charge < -0.3 is 24.8 Å². The molecule has 0 radical (unpaired) electrons. The molecule has 1 aromatic carbocycles. The van der Waals surface area contributed by atoms with E-state index in [4.69, 9.17) is 9.47 Å². The summed E-state index contributed by atoms with van der Waals surface area (Å²) in [5.41, 5.74) is 1.21. The molecule has 0 spiro atoms. The molecule has 9 nitrogen and oxygen atoms in total. The number of aromatic nitrogens is 3. The van der Waals surface area contributed by atoms with Gasteiger partial charge in [-0.2, -0.15) is 4.98 Å². The fourth-order valence-corrected chi connectivity index (χ4v) is 4.82. The molecule has 3 aromatic rings. The minimum absolute atomic E-state index is 0.0743. The number of benzene rings is 1. The van der Waals surface area contributed by atoms with Crippen molar-refractivity contribution in [2.45, 2.75) is 38.5 Å². The number of nitrogens with one attached hydrogen (secondary N) is 1. The first kappa shape index (κ1) is 25.6. The molecule has 2 saturated heterocycles. The summed E-state index contributed by atoms with van der Waals surface area (Å²) in [6, 6.07) is 7.95. The van der Waals surface area contributed by atoms with E-state index in [1.807, 2.05) is 18.3 Å². The van der Waals surface area contributed by atoms with Crippen molar-refractivity contribution in [1.82, 2.24) is 19.9 Å². The van der Waals surface area contributed by atoms with Crippen LogP contribution in [0.1, 0.15) is 31.7 Å². The minimum atomic E-state index is -1.31. The van der Waals surface area contributed by atoms with Gasteiger partial charge >= 0.3 is 0 Å². The predicted molar refractivity (Wildman–Crippen MR) is 142 cm³/mol. The Bertz CT molecular complexity index is 1210. The summed E-state index contributed by atoms with van der Waals surface area (Å²) in [7, 11) is 0. The summed E-state index contributed by atoms with van der Waals surface area (Å²) in [5, 5.41) is 15.0. The van der Waals surface area contributed by atoms with Crippen molar-refractivity contribution < 1.29 is 19.0 Å². The van der Waals surface area contributed by atoms with Gasteiger partial charge in [-0.05, 0) is 41.5 Å². The molecule has 5 rings (SSSR count). The third-order valence-corrected chi connectivity index (χ3v) is 6.97. The van der Waals surface area contributed by atoms with Gasteiger partial charge in [0.1, 0.15) is 30.2 Å². The SMILES string of the molecule is CC(C)c1ccc(OCCN2CCOCC2)c2cnc(Nc3ccnc(N4CCC(O)C(F)C4)n3)cc12. The van der Waals surface area contributed by atoms with Crippen molar-refractivity contribution in [2.24, 2.45) is 0 Å². The number of fused-ring (bicyclic) bond motifs is 1. The van der Waals surface area contributed by atoms with Crippen LogP contribution in [0.15, 0.2) is 36.7 Å². The van der Waals surface area contributed by atoms with Crippen LogP contribution in [-0.4, -0.2) is 89.8 Å². The lowest BCUT2D eigenvalue weighted by Gasteiger charge is -2.32. The quantitative estimate of drug-likeness (QED) is 0.472. The summed E-state index contributed by atoms with van der Waals surface area (Å²) >= 11 is 0. The lowest BCUT2D eigenvalue weighted by molar-refractivity contribution is 0.0323. The fourth-order valence-electron chi connectivity index (χ4n) is 4.82. The number of aliphatic hydroxyl groups excluding tert-OH is 1. The lowest BCUT2D eigenvalue weighted by Crippen LogP contribution is -2.45. The van der Waals surface area contributed by atoms with E-state index in [9.17, 15) is 9.50 Å². The molecule has 2 N–H and O–H groups in total. The number of rotatable bonds is 8. The second-order valence-electron chi connectivity index (χ2n) is 9.91. The van der Waals surface area contributed by atoms with Crippen molar-refractivity contribution in [3.63, 3.8) is 0 Å². The van der Waals surface area contributed by atoms with Gasteiger partial charge in [0, 0.05) is 44.0 Å². The summed E-state index contributed by atoms with van der Waals surface area (Å²) < 4.78 is 25.6. The summed E-state index contributed by atoms with van der Waals surface area (Å²) in [4.78, 5) is 17.6. The standard InChI is InChI=1S/C27H35FN6O3/c1-18(2)19-3-4-24(37-14-11-33-9-12-36-13-10-33)21-16-30-26(15-20(19)21)31-25-5-7-29-27(32-25)34-8-6-23(35)22(28)17-34/h3-5,7,15-16,18,22-23,35H,6,8-14,17H2,1-2H3,(H,29,30,31,32). The van der Waals surface area contributed by atoms with Crippen LogP contribution in [-0.2, 0) is 4.74 Å². The highest BCUT2D eigenvalue weighted by Crippen LogP contribution is 2.34. The third-order valence-electron chi connectivity index (χ3n) is 6.97. The van der Waals surface area contributed by atoms with Crippen LogP contribution in [0.2, 0.25) is 0 Å². The van der Waals surface area contributed by atoms with Crippen molar-refractivity contribution in [3.05, 3.63) is 42.2 Å². The maximum absolute atomic E-state index is 14.0. The molecule has 0 bridgehead atoms. The Morgan fingerprint density at radius 2 is 1.97 bits per heavy atom. The van der Waals surface area contributed by atoms with Crippen molar-refractivity contribution >= 4 is 28.4 Å². The second kappa shape index (κ2) is 11.5. The Hall–Kier alpha value is -3.08. The fraction of sp³-hybridized carbons (Fsp3) is 0.519. The zero-order chi connectivity index (χ0) is 25.8. The van der Waals surface area contributed by atoms with Gasteiger partial charge in [-0.25, -0.2) is 14.4 Å². The molecule has 2 atom stereocenters. The number of hydrogen-bond donors (Lipinski definition) is 2. The molecule has 2 unspecified atom stereocenters. The third kappa shape index (κ3) is 6.08. The summed E-state index contributed by atoms with van der Waals surface area (Å²) in [5.74, 6) is 2.81. The molecule has 198 valence electrons. The highest BCUT2D eigenvalue weighted by Gasteiger charge is 2.28. The van der Waals surface area contributed by atoms with Crippen LogP contribution in [0.3, 0.4) is 0 Å². The van der Waals surface area contributed by atoms with Gasteiger partial charge in [0.2, 0.25) is 5.95 Å². The Kier molecular flexibility index (Phi) is 7.97. The monoisotopic (exact) mass is 510 g/mol. The van der Waals surface area contributed by atoms with E-state index in [1.165, 1.54) is 5.56 Å². The largest absolute Gasteiger partial charge is 0.492 e. The van der Waals surface area contributed by atoms with E-state index in [0.717, 1.165) is 49.4 Å².